The summed E-state index contributed by atoms with van der Waals surface area (Å²) in [6, 6.07) is 12.7. The fourth-order valence-corrected chi connectivity index (χ4v) is 5.46. The summed E-state index contributed by atoms with van der Waals surface area (Å²) in [7, 11) is 0. The lowest BCUT2D eigenvalue weighted by atomic mass is 10.0. The third kappa shape index (κ3) is 3.68. The van der Waals surface area contributed by atoms with Crippen molar-refractivity contribution in [3.63, 3.8) is 0 Å². The van der Waals surface area contributed by atoms with E-state index in [1.54, 1.807) is 11.3 Å². The third-order valence-corrected chi connectivity index (χ3v) is 7.28. The standard InChI is InChI=1S/C25H25NO4S/c27-25(16-5-6-16)26-8-10-29-24-18(13-26)11-17(12-22(24)30-19-7-9-28-14-19)21-15-31-23-4-2-1-3-20(21)23/h1-4,11-12,15-16,19H,5-10,13-14H2. The molecule has 2 fully saturated rings. The molecular weight excluding hydrogens is 410 g/mol. The lowest BCUT2D eigenvalue weighted by Gasteiger charge is -2.21. The zero-order chi connectivity index (χ0) is 20.8. The SMILES string of the molecule is O=C(C1CC1)N1CCOc2c(cc(-c3csc4ccccc34)cc2OC2CCOC2)C1. The highest BCUT2D eigenvalue weighted by atomic mass is 32.1. The molecular formula is C25H25NO4S. The highest BCUT2D eigenvalue weighted by Gasteiger charge is 2.35. The summed E-state index contributed by atoms with van der Waals surface area (Å²) < 4.78 is 19.3. The van der Waals surface area contributed by atoms with E-state index < -0.39 is 0 Å². The van der Waals surface area contributed by atoms with Crippen molar-refractivity contribution in [3.8, 4) is 22.6 Å². The molecule has 1 aromatic heterocycles. The number of hydrogen-bond donors (Lipinski definition) is 0. The van der Waals surface area contributed by atoms with Gasteiger partial charge in [0.05, 0.1) is 19.8 Å². The number of nitrogens with zero attached hydrogens (tertiary/aromatic N) is 1. The number of hydrogen-bond acceptors (Lipinski definition) is 5. The Balaban J connectivity index is 1.43. The van der Waals surface area contributed by atoms with Crippen LogP contribution < -0.4 is 9.47 Å². The van der Waals surface area contributed by atoms with Crippen molar-refractivity contribution in [2.24, 2.45) is 5.92 Å². The maximum atomic E-state index is 12.8. The summed E-state index contributed by atoms with van der Waals surface area (Å²) in [5.74, 6) is 2.01. The van der Waals surface area contributed by atoms with Crippen LogP contribution in [0.25, 0.3) is 21.2 Å². The van der Waals surface area contributed by atoms with E-state index in [2.05, 4.69) is 41.8 Å². The van der Waals surface area contributed by atoms with Gasteiger partial charge in [-0.1, -0.05) is 18.2 Å². The monoisotopic (exact) mass is 435 g/mol. The molecule has 3 heterocycles. The number of ether oxygens (including phenoxy) is 3. The largest absolute Gasteiger partial charge is 0.487 e. The molecule has 1 aliphatic carbocycles. The van der Waals surface area contributed by atoms with Gasteiger partial charge in [-0.25, -0.2) is 0 Å². The first kappa shape index (κ1) is 19.1. The molecule has 3 aliphatic rings. The number of rotatable bonds is 4. The number of benzene rings is 2. The quantitative estimate of drug-likeness (QED) is 0.587. The molecule has 3 aromatic rings. The van der Waals surface area contributed by atoms with Crippen molar-refractivity contribution in [3.05, 3.63) is 47.3 Å². The summed E-state index contributed by atoms with van der Waals surface area (Å²) in [4.78, 5) is 14.8. The van der Waals surface area contributed by atoms with E-state index >= 15 is 0 Å². The van der Waals surface area contributed by atoms with E-state index in [-0.39, 0.29) is 17.9 Å². The minimum Gasteiger partial charge on any atom is -0.487 e. The van der Waals surface area contributed by atoms with Crippen LogP contribution in [0.1, 0.15) is 24.8 Å². The first-order chi connectivity index (χ1) is 15.3. The highest BCUT2D eigenvalue weighted by molar-refractivity contribution is 7.17. The Morgan fingerprint density at radius 3 is 2.87 bits per heavy atom. The fourth-order valence-electron chi connectivity index (χ4n) is 4.49. The maximum Gasteiger partial charge on any atom is 0.226 e. The van der Waals surface area contributed by atoms with Crippen molar-refractivity contribution in [1.29, 1.82) is 0 Å². The Morgan fingerprint density at radius 2 is 2.03 bits per heavy atom. The summed E-state index contributed by atoms with van der Waals surface area (Å²) in [6.45, 7) is 3.01. The Labute approximate surface area is 185 Å². The number of thiophene rings is 1. The number of carbonyl (C=O) groups is 1. The van der Waals surface area contributed by atoms with Gasteiger partial charge >= 0.3 is 0 Å². The van der Waals surface area contributed by atoms with E-state index in [1.165, 1.54) is 15.6 Å². The van der Waals surface area contributed by atoms with Gasteiger partial charge in [0.15, 0.2) is 11.5 Å². The second-order valence-electron chi connectivity index (χ2n) is 8.59. The van der Waals surface area contributed by atoms with Gasteiger partial charge in [0.2, 0.25) is 5.91 Å². The predicted molar refractivity (Wildman–Crippen MR) is 121 cm³/mol. The molecule has 0 N–H and O–H groups in total. The molecule has 6 heteroatoms. The van der Waals surface area contributed by atoms with E-state index in [1.807, 2.05) is 4.90 Å². The Kier molecular flexibility index (Phi) is 4.84. The van der Waals surface area contributed by atoms with Crippen molar-refractivity contribution in [2.45, 2.75) is 31.9 Å². The van der Waals surface area contributed by atoms with Crippen LogP contribution in [-0.2, 0) is 16.1 Å². The Hall–Kier alpha value is -2.57. The van der Waals surface area contributed by atoms with E-state index in [4.69, 9.17) is 14.2 Å². The molecule has 0 bridgehead atoms. The average Bonchev–Trinajstić information content (AvgIpc) is 3.42. The average molecular weight is 436 g/mol. The number of amides is 1. The van der Waals surface area contributed by atoms with Crippen LogP contribution in [0.15, 0.2) is 41.8 Å². The van der Waals surface area contributed by atoms with E-state index in [0.29, 0.717) is 26.3 Å². The summed E-state index contributed by atoms with van der Waals surface area (Å²) >= 11 is 1.75. The second-order valence-corrected chi connectivity index (χ2v) is 9.51. The van der Waals surface area contributed by atoms with Crippen molar-refractivity contribution in [1.82, 2.24) is 4.90 Å². The molecule has 1 saturated heterocycles. The molecule has 2 aliphatic heterocycles. The highest BCUT2D eigenvalue weighted by Crippen LogP contribution is 2.43. The normalized spacial score (nSPS) is 20.9. The fraction of sp³-hybridized carbons (Fsp3) is 0.400. The first-order valence-corrected chi connectivity index (χ1v) is 11.9. The molecule has 31 heavy (non-hydrogen) atoms. The minimum atomic E-state index is 0.0367. The topological polar surface area (TPSA) is 48.0 Å². The smallest absolute Gasteiger partial charge is 0.226 e. The van der Waals surface area contributed by atoms with Crippen LogP contribution in [0.3, 0.4) is 0 Å². The summed E-state index contributed by atoms with van der Waals surface area (Å²) in [6.07, 6.45) is 2.95. The molecule has 1 saturated carbocycles. The van der Waals surface area contributed by atoms with Crippen molar-refractivity contribution < 1.29 is 19.0 Å². The Morgan fingerprint density at radius 1 is 1.13 bits per heavy atom. The van der Waals surface area contributed by atoms with Crippen LogP contribution in [0.5, 0.6) is 11.5 Å². The van der Waals surface area contributed by atoms with E-state index in [9.17, 15) is 4.79 Å². The van der Waals surface area contributed by atoms with Gasteiger partial charge in [0.1, 0.15) is 12.7 Å². The van der Waals surface area contributed by atoms with Crippen LogP contribution >= 0.6 is 11.3 Å². The third-order valence-electron chi connectivity index (χ3n) is 6.31. The second kappa shape index (κ2) is 7.84. The molecule has 5 nitrogen and oxygen atoms in total. The van der Waals surface area contributed by atoms with Crippen molar-refractivity contribution in [2.75, 3.05) is 26.4 Å². The van der Waals surface area contributed by atoms with Crippen molar-refractivity contribution >= 4 is 27.3 Å². The zero-order valence-corrected chi connectivity index (χ0v) is 18.2. The molecule has 1 unspecified atom stereocenters. The lowest BCUT2D eigenvalue weighted by Crippen LogP contribution is -2.33. The molecule has 6 rings (SSSR count). The number of fused-ring (bicyclic) bond motifs is 2. The van der Waals surface area contributed by atoms with Gasteiger partial charge in [-0.2, -0.15) is 0 Å². The Bertz CT molecular complexity index is 1130. The molecule has 0 spiro atoms. The van der Waals surface area contributed by atoms with Gasteiger partial charge in [-0.3, -0.25) is 4.79 Å². The van der Waals surface area contributed by atoms with Crippen LogP contribution in [-0.4, -0.2) is 43.3 Å². The molecule has 0 radical (unpaired) electrons. The van der Waals surface area contributed by atoms with Gasteiger partial charge in [-0.05, 0) is 42.0 Å². The van der Waals surface area contributed by atoms with Gasteiger partial charge < -0.3 is 19.1 Å². The molecule has 1 amide bonds. The number of carbonyl (C=O) groups excluding carboxylic acids is 1. The maximum absolute atomic E-state index is 12.8. The molecule has 1 atom stereocenters. The molecule has 160 valence electrons. The summed E-state index contributed by atoms with van der Waals surface area (Å²) in [5.41, 5.74) is 3.32. The van der Waals surface area contributed by atoms with Crippen LogP contribution in [0.2, 0.25) is 0 Å². The zero-order valence-electron chi connectivity index (χ0n) is 17.3. The van der Waals surface area contributed by atoms with Crippen LogP contribution in [0.4, 0.5) is 0 Å². The summed E-state index contributed by atoms with van der Waals surface area (Å²) in [5, 5.41) is 3.45. The minimum absolute atomic E-state index is 0.0367. The lowest BCUT2D eigenvalue weighted by molar-refractivity contribution is -0.133. The van der Waals surface area contributed by atoms with E-state index in [0.717, 1.165) is 48.5 Å². The van der Waals surface area contributed by atoms with Gasteiger partial charge in [-0.15, -0.1) is 11.3 Å². The predicted octanol–water partition coefficient (Wildman–Crippen LogP) is 4.87. The molecule has 2 aromatic carbocycles. The van der Waals surface area contributed by atoms with Gasteiger partial charge in [0.25, 0.3) is 0 Å². The van der Waals surface area contributed by atoms with Gasteiger partial charge in [0, 0.05) is 40.1 Å². The van der Waals surface area contributed by atoms with Crippen LogP contribution in [0, 0.1) is 5.92 Å². The first-order valence-electron chi connectivity index (χ1n) is 11.1.